The number of halogens is 1. The molecule has 0 radical (unpaired) electrons. The molecule has 0 aliphatic heterocycles. The van der Waals surface area contributed by atoms with Crippen molar-refractivity contribution in [3.8, 4) is 11.5 Å². The van der Waals surface area contributed by atoms with Gasteiger partial charge in [0.15, 0.2) is 11.6 Å². The molecule has 1 heterocycles. The van der Waals surface area contributed by atoms with Crippen LogP contribution in [0.4, 0.5) is 11.5 Å². The summed E-state index contributed by atoms with van der Waals surface area (Å²) in [5.74, 6) is -0.241. The quantitative estimate of drug-likeness (QED) is 0.445. The van der Waals surface area contributed by atoms with Gasteiger partial charge in [0, 0.05) is 30.1 Å². The molecule has 0 fully saturated rings. The number of nitrogens with one attached hydrogen (secondary N) is 1. The molecule has 0 atom stereocenters. The largest absolute Gasteiger partial charge is 0.628 e. The minimum atomic E-state index is -1.37. The summed E-state index contributed by atoms with van der Waals surface area (Å²) >= 11 is 3.04. The van der Waals surface area contributed by atoms with Gasteiger partial charge in [0.25, 0.3) is 0 Å². The number of hydrogen-bond acceptors (Lipinski definition) is 6. The highest BCUT2D eigenvalue weighted by Gasteiger charge is 2.09. The molecule has 3 N–H and O–H groups in total. The van der Waals surface area contributed by atoms with Crippen LogP contribution in [0.3, 0.4) is 0 Å². The van der Waals surface area contributed by atoms with Crippen LogP contribution in [0.1, 0.15) is 5.56 Å². The van der Waals surface area contributed by atoms with E-state index in [1.165, 1.54) is 30.6 Å². The number of benzene rings is 1. The van der Waals surface area contributed by atoms with Crippen molar-refractivity contribution in [1.82, 2.24) is 4.98 Å². The minimum absolute atomic E-state index is 0.0573. The lowest BCUT2D eigenvalue weighted by Crippen LogP contribution is -2.96. The summed E-state index contributed by atoms with van der Waals surface area (Å²) in [6, 6.07) is 5.38. The third kappa shape index (κ3) is 3.11. The van der Waals surface area contributed by atoms with Crippen molar-refractivity contribution < 1.29 is 15.4 Å². The van der Waals surface area contributed by atoms with Gasteiger partial charge in [-0.3, -0.25) is 0 Å². The Labute approximate surface area is 122 Å². The van der Waals surface area contributed by atoms with E-state index in [-0.39, 0.29) is 33.0 Å². The van der Waals surface area contributed by atoms with Crippen LogP contribution in [0, 0.1) is 10.4 Å². The molecule has 7 nitrogen and oxygen atoms in total. The monoisotopic (exact) mass is 338 g/mol. The lowest BCUT2D eigenvalue weighted by Gasteiger charge is -2.25. The van der Waals surface area contributed by atoms with Crippen LogP contribution in [0.25, 0.3) is 0 Å². The molecule has 8 heteroatoms. The molecular formula is C12H9BrN3O4-. The van der Waals surface area contributed by atoms with Gasteiger partial charge in [-0.05, 0) is 28.1 Å². The number of quaternary nitrogens is 1. The maximum Gasteiger partial charge on any atom is 0.194 e. The van der Waals surface area contributed by atoms with Gasteiger partial charge in [0.1, 0.15) is 11.4 Å². The van der Waals surface area contributed by atoms with Crippen LogP contribution in [0.2, 0.25) is 0 Å². The number of hydrogen-bond donors (Lipinski definition) is 3. The summed E-state index contributed by atoms with van der Waals surface area (Å²) in [7, 11) is 0. The molecule has 0 bridgehead atoms. The Morgan fingerprint density at radius 2 is 2.05 bits per heavy atom. The zero-order valence-corrected chi connectivity index (χ0v) is 11.5. The second-order valence-electron chi connectivity index (χ2n) is 3.79. The molecule has 0 aliphatic rings. The Kier molecular flexibility index (Phi) is 4.30. The molecule has 0 spiro atoms. The molecule has 104 valence electrons. The van der Waals surface area contributed by atoms with E-state index in [1.807, 2.05) is 0 Å². The number of phenols is 1. The van der Waals surface area contributed by atoms with Crippen LogP contribution in [-0.2, 0) is 0 Å². The van der Waals surface area contributed by atoms with E-state index < -0.39 is 5.23 Å². The molecule has 2 aromatic rings. The summed E-state index contributed by atoms with van der Waals surface area (Å²) in [4.78, 5) is 7.73. The van der Waals surface area contributed by atoms with Crippen molar-refractivity contribution in [1.29, 1.82) is 0 Å². The second-order valence-corrected chi connectivity index (χ2v) is 4.64. The van der Waals surface area contributed by atoms with Crippen LogP contribution < -0.4 is 5.23 Å². The van der Waals surface area contributed by atoms with Crippen LogP contribution in [0.15, 0.2) is 39.9 Å². The average molecular weight is 339 g/mol. The lowest BCUT2D eigenvalue weighted by molar-refractivity contribution is -0.715. The van der Waals surface area contributed by atoms with Gasteiger partial charge in [-0.25, -0.2) is 9.98 Å². The molecular weight excluding hydrogens is 330 g/mol. The van der Waals surface area contributed by atoms with Gasteiger partial charge in [-0.15, -0.1) is 0 Å². The number of aromatic nitrogens is 1. The van der Waals surface area contributed by atoms with Crippen LogP contribution in [0.5, 0.6) is 11.5 Å². The van der Waals surface area contributed by atoms with Crippen molar-refractivity contribution in [3.63, 3.8) is 0 Å². The highest BCUT2D eigenvalue weighted by Crippen LogP contribution is 2.30. The summed E-state index contributed by atoms with van der Waals surface area (Å²) in [6.07, 6.45) is 2.65. The molecule has 1 aromatic heterocycles. The van der Waals surface area contributed by atoms with Gasteiger partial charge < -0.3 is 25.9 Å². The maximum atomic E-state index is 10.8. The Morgan fingerprint density at radius 1 is 1.30 bits per heavy atom. The third-order valence-electron chi connectivity index (χ3n) is 2.42. The maximum absolute atomic E-state index is 10.8. The van der Waals surface area contributed by atoms with Crippen LogP contribution >= 0.6 is 15.9 Å². The fourth-order valence-electron chi connectivity index (χ4n) is 1.46. The lowest BCUT2D eigenvalue weighted by atomic mass is 10.2. The van der Waals surface area contributed by atoms with E-state index in [0.717, 1.165) is 0 Å². The van der Waals surface area contributed by atoms with Crippen molar-refractivity contribution in [2.24, 2.45) is 4.99 Å². The van der Waals surface area contributed by atoms with E-state index in [2.05, 4.69) is 25.9 Å². The first-order valence-electron chi connectivity index (χ1n) is 5.41. The zero-order valence-electron chi connectivity index (χ0n) is 9.95. The Morgan fingerprint density at radius 3 is 2.70 bits per heavy atom. The standard InChI is InChI=1S/C12H9BrN3O4/c13-9-5-8(16(19)20)4-7(11(9)18)6-15-12-10(17)2-1-3-14-12/h1-6,16-18H/q-1. The molecule has 0 saturated heterocycles. The number of rotatable bonds is 3. The predicted octanol–water partition coefficient (Wildman–Crippen LogP) is 1.52. The van der Waals surface area contributed by atoms with Gasteiger partial charge in [-0.1, -0.05) is 0 Å². The molecule has 2 rings (SSSR count). The first-order chi connectivity index (χ1) is 9.49. The summed E-state index contributed by atoms with van der Waals surface area (Å²) in [5, 5.41) is 39.6. The zero-order chi connectivity index (χ0) is 14.7. The second kappa shape index (κ2) is 5.97. The molecule has 1 aromatic carbocycles. The first kappa shape index (κ1) is 14.4. The highest BCUT2D eigenvalue weighted by atomic mass is 79.9. The Hall–Kier alpha value is -2.00. The number of aliphatic imine (C=N–C) groups is 1. The van der Waals surface area contributed by atoms with E-state index in [0.29, 0.717) is 0 Å². The number of pyridine rings is 1. The van der Waals surface area contributed by atoms with Crippen LogP contribution in [-0.4, -0.2) is 21.4 Å². The topological polar surface area (TPSA) is 116 Å². The number of nitrogens with zero attached hydrogens (tertiary/aromatic N) is 2. The van der Waals surface area contributed by atoms with Gasteiger partial charge in [0.2, 0.25) is 0 Å². The van der Waals surface area contributed by atoms with E-state index >= 15 is 0 Å². The SMILES string of the molecule is [O-][NH+]([O-])c1cc(Br)c(O)c(C=Nc2ncccc2O)c1. The van der Waals surface area contributed by atoms with E-state index in [1.54, 1.807) is 6.07 Å². The minimum Gasteiger partial charge on any atom is -0.628 e. The smallest absolute Gasteiger partial charge is 0.194 e. The third-order valence-corrected chi connectivity index (χ3v) is 3.03. The van der Waals surface area contributed by atoms with Crippen molar-refractivity contribution >= 4 is 33.6 Å². The fourth-order valence-corrected chi connectivity index (χ4v) is 1.93. The van der Waals surface area contributed by atoms with E-state index in [9.17, 15) is 20.6 Å². The molecule has 0 unspecified atom stereocenters. The molecule has 20 heavy (non-hydrogen) atoms. The molecule has 0 amide bonds. The van der Waals surface area contributed by atoms with E-state index in [4.69, 9.17) is 0 Å². The van der Waals surface area contributed by atoms with Gasteiger partial charge in [-0.2, -0.15) is 0 Å². The Balaban J connectivity index is 2.41. The molecule has 0 aliphatic carbocycles. The predicted molar refractivity (Wildman–Crippen MR) is 76.3 cm³/mol. The van der Waals surface area contributed by atoms with Gasteiger partial charge in [0.05, 0.1) is 4.47 Å². The Bertz CT molecular complexity index is 661. The number of aromatic hydroxyl groups is 2. The average Bonchev–Trinajstić information content (AvgIpc) is 2.41. The van der Waals surface area contributed by atoms with Crippen molar-refractivity contribution in [2.45, 2.75) is 0 Å². The van der Waals surface area contributed by atoms with Crippen molar-refractivity contribution in [3.05, 3.63) is 50.9 Å². The summed E-state index contributed by atoms with van der Waals surface area (Å²) < 4.78 is 0.200. The van der Waals surface area contributed by atoms with Crippen molar-refractivity contribution in [2.75, 3.05) is 0 Å². The number of phenolic OH excluding ortho intramolecular Hbond substituents is 1. The normalized spacial score (nSPS) is 11.4. The summed E-state index contributed by atoms with van der Waals surface area (Å²) in [6.45, 7) is 0. The highest BCUT2D eigenvalue weighted by molar-refractivity contribution is 9.10. The first-order valence-corrected chi connectivity index (χ1v) is 6.20. The van der Waals surface area contributed by atoms with Gasteiger partial charge >= 0.3 is 0 Å². The summed E-state index contributed by atoms with van der Waals surface area (Å²) in [5.41, 5.74) is 0.0463. The fraction of sp³-hybridized carbons (Fsp3) is 0. The molecule has 0 saturated carbocycles.